The molecule has 2 aromatic rings. The summed E-state index contributed by atoms with van der Waals surface area (Å²) in [5.41, 5.74) is 3.89. The van der Waals surface area contributed by atoms with Gasteiger partial charge >= 0.3 is 0 Å². The molecule has 53 heavy (non-hydrogen) atoms. The van der Waals surface area contributed by atoms with E-state index in [0.29, 0.717) is 36.0 Å². The number of nitrogens with one attached hydrogen (secondary N) is 1. The van der Waals surface area contributed by atoms with Gasteiger partial charge in [0.05, 0.1) is 12.3 Å². The zero-order valence-corrected chi connectivity index (χ0v) is 34.3. The molecule has 10 heteroatoms. The molecule has 4 heterocycles. The maximum atomic E-state index is 13.8. The number of halogens is 1. The summed E-state index contributed by atoms with van der Waals surface area (Å²) in [5.74, 6) is 6.55. The van der Waals surface area contributed by atoms with E-state index in [4.69, 9.17) is 21.1 Å². The molecule has 2 bridgehead atoms. The van der Waals surface area contributed by atoms with Crippen molar-refractivity contribution in [2.75, 3.05) is 84.6 Å². The number of benzene rings is 2. The van der Waals surface area contributed by atoms with Gasteiger partial charge in [-0.3, -0.25) is 14.6 Å². The van der Waals surface area contributed by atoms with Crippen molar-refractivity contribution in [2.24, 2.45) is 17.8 Å². The van der Waals surface area contributed by atoms with Crippen molar-refractivity contribution >= 4 is 39.7 Å². The number of likely N-dealkylation sites (N-methyl/N-ethyl adjacent to an activating group) is 1. The fourth-order valence-corrected chi connectivity index (χ4v) is 11.0. The van der Waals surface area contributed by atoms with Crippen molar-refractivity contribution in [1.29, 1.82) is 0 Å². The van der Waals surface area contributed by atoms with E-state index in [-0.39, 0.29) is 22.7 Å². The topological polar surface area (TPSA) is 60.5 Å². The summed E-state index contributed by atoms with van der Waals surface area (Å²) >= 11 is 6.53. The predicted octanol–water partition coefficient (Wildman–Crippen LogP) is 6.95. The smallest absolute Gasteiger partial charge is 0.260 e. The molecule has 2 saturated heterocycles. The fourth-order valence-electron chi connectivity index (χ4n) is 9.64. The average Bonchev–Trinajstić information content (AvgIpc) is 3.31. The number of anilines is 1. The maximum absolute atomic E-state index is 13.8. The third-order valence-electron chi connectivity index (χ3n) is 13.2. The van der Waals surface area contributed by atoms with Gasteiger partial charge < -0.3 is 24.0 Å². The summed E-state index contributed by atoms with van der Waals surface area (Å²) in [6.45, 7) is 16.6. The van der Waals surface area contributed by atoms with Crippen molar-refractivity contribution in [2.45, 2.75) is 75.7 Å². The summed E-state index contributed by atoms with van der Waals surface area (Å²) < 4.78 is 16.8. The first-order chi connectivity index (χ1) is 25.6. The van der Waals surface area contributed by atoms with Crippen molar-refractivity contribution in [1.82, 2.24) is 19.4 Å². The van der Waals surface area contributed by atoms with E-state index >= 15 is 0 Å². The lowest BCUT2D eigenvalue weighted by Crippen LogP contribution is -2.64. The number of hydrogen-bond donors (Lipinski definition) is 1. The molecule has 8 atom stereocenters. The third kappa shape index (κ3) is 8.41. The maximum Gasteiger partial charge on any atom is 0.260 e. The molecule has 0 radical (unpaired) electrons. The molecule has 1 N–H and O–H groups in total. The highest BCUT2D eigenvalue weighted by molar-refractivity contribution is 8.13. The average molecular weight is 765 g/mol. The Morgan fingerprint density at radius 3 is 2.66 bits per heavy atom. The van der Waals surface area contributed by atoms with Crippen LogP contribution in [0.15, 0.2) is 48.6 Å². The van der Waals surface area contributed by atoms with Crippen LogP contribution in [0.3, 0.4) is 0 Å². The lowest BCUT2D eigenvalue weighted by atomic mass is 9.63. The highest BCUT2D eigenvalue weighted by Gasteiger charge is 2.49. The SMILES string of the molecule is C=S1NC(=O)c2ccc3c(c2)N(CC(c2ccc(Cl)cc2CCC)CO3)CC2CCC2C(CN2CCN3CCN(C)CC3C2)(OC)/C=C/CC(C)C1C. The van der Waals surface area contributed by atoms with Crippen LogP contribution in [0.4, 0.5) is 5.69 Å². The summed E-state index contributed by atoms with van der Waals surface area (Å²) in [5, 5.41) is 1.00. The first-order valence-electron chi connectivity index (χ1n) is 20.1. The number of carbonyl (C=O) groups is 1. The molecule has 1 amide bonds. The van der Waals surface area contributed by atoms with Gasteiger partial charge in [0.15, 0.2) is 0 Å². The molecule has 290 valence electrons. The number of nitrogens with zero attached hydrogens (tertiary/aromatic N) is 4. The monoisotopic (exact) mass is 763 g/mol. The molecule has 4 aliphatic heterocycles. The molecule has 7 rings (SSSR count). The van der Waals surface area contributed by atoms with Crippen LogP contribution in [0.5, 0.6) is 5.75 Å². The quantitative estimate of drug-likeness (QED) is 0.253. The van der Waals surface area contributed by atoms with E-state index in [1.807, 2.05) is 25.3 Å². The van der Waals surface area contributed by atoms with Crippen LogP contribution >= 0.6 is 22.3 Å². The van der Waals surface area contributed by atoms with E-state index < -0.39 is 10.7 Å². The van der Waals surface area contributed by atoms with Crippen LogP contribution in [-0.2, 0) is 11.2 Å². The first kappa shape index (κ1) is 38.9. The second-order valence-electron chi connectivity index (χ2n) is 16.7. The summed E-state index contributed by atoms with van der Waals surface area (Å²) in [7, 11) is 3.67. The van der Waals surface area contributed by atoms with Gasteiger partial charge in [-0.25, -0.2) is 0 Å². The van der Waals surface area contributed by atoms with Crippen molar-refractivity contribution in [3.63, 3.8) is 0 Å². The van der Waals surface area contributed by atoms with Crippen LogP contribution in [0, 0.1) is 17.8 Å². The Bertz CT molecular complexity index is 1670. The van der Waals surface area contributed by atoms with Gasteiger partial charge in [0.1, 0.15) is 11.4 Å². The Hall–Kier alpha value is -2.40. The van der Waals surface area contributed by atoms with Crippen LogP contribution < -0.4 is 14.4 Å². The zero-order chi connectivity index (χ0) is 37.3. The highest BCUT2D eigenvalue weighted by atomic mass is 35.5. The number of amides is 1. The van der Waals surface area contributed by atoms with Gasteiger partial charge in [-0.15, -0.1) is 0 Å². The molecule has 1 aliphatic carbocycles. The molecule has 0 spiro atoms. The molecule has 2 aromatic carbocycles. The Morgan fingerprint density at radius 2 is 1.89 bits per heavy atom. The number of ether oxygens (including phenoxy) is 2. The Balaban J connectivity index is 1.24. The van der Waals surface area contributed by atoms with Crippen molar-refractivity contribution in [3.8, 4) is 5.75 Å². The number of piperazine rings is 2. The van der Waals surface area contributed by atoms with E-state index in [1.54, 1.807) is 0 Å². The third-order valence-corrected chi connectivity index (χ3v) is 15.3. The second kappa shape index (κ2) is 16.8. The zero-order valence-electron chi connectivity index (χ0n) is 32.7. The number of methoxy groups -OCH3 is 1. The van der Waals surface area contributed by atoms with E-state index in [2.05, 4.69) is 88.4 Å². The lowest BCUT2D eigenvalue weighted by molar-refractivity contribution is -0.101. The molecule has 3 fully saturated rings. The molecular weight excluding hydrogens is 702 g/mol. The van der Waals surface area contributed by atoms with Crippen LogP contribution in [0.2, 0.25) is 5.02 Å². The number of fused-ring (bicyclic) bond motifs is 3. The van der Waals surface area contributed by atoms with Gasteiger partial charge in [0.25, 0.3) is 5.91 Å². The molecule has 0 aromatic heterocycles. The number of allylic oxidation sites excluding steroid dienone is 1. The standard InChI is InChI=1S/C43H62ClN5O3S/c1-7-9-32-22-36(44)13-14-38(32)35-25-49-24-34-11-15-39(34)43(51-5,29-47-19-21-48-20-18-46(4)26-37(48)27-47)17-8-10-30(2)31(3)53(6)45-42(50)33-12-16-41(52-28-35)40(49)23-33/h8,12-14,16-17,22-23,30-31,34-35,37,39H,6-7,9-11,15,18-21,24-29H2,1-5H3,(H,45,50)/b17-8+. The molecule has 5 aliphatic rings. The Labute approximate surface area is 326 Å². The van der Waals surface area contributed by atoms with E-state index in [9.17, 15) is 4.79 Å². The number of hydrogen-bond acceptors (Lipinski definition) is 7. The summed E-state index contributed by atoms with van der Waals surface area (Å²) in [6.07, 6.45) is 10.1. The van der Waals surface area contributed by atoms with Crippen LogP contribution in [0.1, 0.15) is 73.9 Å². The Kier molecular flexibility index (Phi) is 12.3. The molecule has 8 nitrogen and oxygen atoms in total. The van der Waals surface area contributed by atoms with E-state index in [1.165, 1.54) is 17.7 Å². The van der Waals surface area contributed by atoms with Gasteiger partial charge in [-0.05, 0) is 91.9 Å². The number of aryl methyl sites for hydroxylation is 1. The first-order valence-corrected chi connectivity index (χ1v) is 21.9. The number of rotatable bonds is 6. The van der Waals surface area contributed by atoms with Crippen LogP contribution in [-0.4, -0.2) is 123 Å². The minimum atomic E-state index is -0.542. The normalized spacial score (nSPS) is 33.8. The minimum Gasteiger partial charge on any atom is -0.491 e. The summed E-state index contributed by atoms with van der Waals surface area (Å²) in [6, 6.07) is 12.9. The van der Waals surface area contributed by atoms with Crippen molar-refractivity contribution in [3.05, 3.63) is 70.3 Å². The second-order valence-corrected chi connectivity index (χ2v) is 18.9. The predicted molar refractivity (Wildman–Crippen MR) is 222 cm³/mol. The summed E-state index contributed by atoms with van der Waals surface area (Å²) in [4.78, 5) is 24.2. The molecular formula is C43H62ClN5O3S. The largest absolute Gasteiger partial charge is 0.491 e. The van der Waals surface area contributed by atoms with Gasteiger partial charge in [-0.2, -0.15) is 0 Å². The van der Waals surface area contributed by atoms with Crippen molar-refractivity contribution < 1.29 is 14.3 Å². The molecule has 8 unspecified atom stereocenters. The van der Waals surface area contributed by atoms with Gasteiger partial charge in [-0.1, -0.05) is 73.6 Å². The van der Waals surface area contributed by atoms with Crippen LogP contribution in [0.25, 0.3) is 0 Å². The fraction of sp³-hybridized carbons (Fsp3) is 0.628. The van der Waals surface area contributed by atoms with Gasteiger partial charge in [0, 0.05) is 93.8 Å². The van der Waals surface area contributed by atoms with E-state index in [0.717, 1.165) is 101 Å². The Morgan fingerprint density at radius 1 is 1.06 bits per heavy atom. The lowest BCUT2D eigenvalue weighted by Gasteiger charge is -2.53. The highest BCUT2D eigenvalue weighted by Crippen LogP contribution is 2.47. The molecule has 1 saturated carbocycles. The number of carbonyl (C=O) groups excluding carboxylic acids is 1. The minimum absolute atomic E-state index is 0.0688. The van der Waals surface area contributed by atoms with Gasteiger partial charge in [0.2, 0.25) is 0 Å².